The van der Waals surface area contributed by atoms with Crippen molar-refractivity contribution in [2.24, 2.45) is 0 Å². The van der Waals surface area contributed by atoms with Crippen molar-refractivity contribution in [2.45, 2.75) is 44.6 Å². The van der Waals surface area contributed by atoms with Crippen molar-refractivity contribution in [2.75, 3.05) is 11.3 Å². The molecule has 0 aliphatic heterocycles. The summed E-state index contributed by atoms with van der Waals surface area (Å²) in [6.07, 6.45) is 1.86. The van der Waals surface area contributed by atoms with Crippen LogP contribution in [0.1, 0.15) is 44.0 Å². The van der Waals surface area contributed by atoms with Crippen molar-refractivity contribution < 1.29 is 17.9 Å². The number of anilines is 1. The Morgan fingerprint density at radius 2 is 1.81 bits per heavy atom. The van der Waals surface area contributed by atoms with Crippen LogP contribution in [0.2, 0.25) is 0 Å². The lowest BCUT2D eigenvalue weighted by molar-refractivity contribution is 0.0938. The molecule has 0 aliphatic rings. The Morgan fingerprint density at radius 1 is 1.11 bits per heavy atom. The van der Waals surface area contributed by atoms with E-state index in [1.165, 1.54) is 18.2 Å². The first-order chi connectivity index (χ1) is 12.9. The van der Waals surface area contributed by atoms with Gasteiger partial charge >= 0.3 is 0 Å². The third-order valence-electron chi connectivity index (χ3n) is 3.92. The summed E-state index contributed by atoms with van der Waals surface area (Å²) >= 11 is 0. The van der Waals surface area contributed by atoms with E-state index in [9.17, 15) is 13.2 Å². The smallest absolute Gasteiger partial charge is 0.261 e. The Balaban J connectivity index is 2.13. The molecule has 2 rings (SSSR count). The van der Waals surface area contributed by atoms with Gasteiger partial charge < -0.3 is 10.1 Å². The molecule has 0 spiro atoms. The summed E-state index contributed by atoms with van der Waals surface area (Å²) in [6, 6.07) is 12.7. The van der Waals surface area contributed by atoms with Crippen molar-refractivity contribution in [1.82, 2.24) is 5.32 Å². The highest BCUT2D eigenvalue weighted by Gasteiger charge is 2.16. The van der Waals surface area contributed by atoms with Gasteiger partial charge in [-0.1, -0.05) is 19.4 Å². The van der Waals surface area contributed by atoms with Crippen LogP contribution in [0.15, 0.2) is 53.4 Å². The van der Waals surface area contributed by atoms with Crippen LogP contribution >= 0.6 is 0 Å². The molecular formula is C20H26N2O4S. The van der Waals surface area contributed by atoms with Crippen molar-refractivity contribution in [3.8, 4) is 5.75 Å². The molecule has 2 N–H and O–H groups in total. The van der Waals surface area contributed by atoms with Gasteiger partial charge in [0.1, 0.15) is 5.75 Å². The van der Waals surface area contributed by atoms with E-state index in [1.54, 1.807) is 30.3 Å². The van der Waals surface area contributed by atoms with Crippen molar-refractivity contribution in [1.29, 1.82) is 0 Å². The lowest BCUT2D eigenvalue weighted by Crippen LogP contribution is -2.32. The van der Waals surface area contributed by atoms with Gasteiger partial charge in [-0.3, -0.25) is 9.52 Å². The van der Waals surface area contributed by atoms with E-state index in [4.69, 9.17) is 4.74 Å². The topological polar surface area (TPSA) is 84.5 Å². The molecule has 0 heterocycles. The van der Waals surface area contributed by atoms with Crippen LogP contribution in [-0.4, -0.2) is 27.0 Å². The van der Waals surface area contributed by atoms with Crippen LogP contribution in [0.4, 0.5) is 5.69 Å². The van der Waals surface area contributed by atoms with E-state index in [0.717, 1.165) is 12.8 Å². The zero-order valence-electron chi connectivity index (χ0n) is 15.9. The molecule has 27 heavy (non-hydrogen) atoms. The molecular weight excluding hydrogens is 364 g/mol. The lowest BCUT2D eigenvalue weighted by atomic mass is 10.1. The van der Waals surface area contributed by atoms with E-state index >= 15 is 0 Å². The van der Waals surface area contributed by atoms with Crippen LogP contribution in [-0.2, 0) is 10.0 Å². The predicted octanol–water partition coefficient (Wildman–Crippen LogP) is 3.80. The van der Waals surface area contributed by atoms with E-state index in [0.29, 0.717) is 23.6 Å². The van der Waals surface area contributed by atoms with Crippen LogP contribution in [0.5, 0.6) is 5.75 Å². The molecule has 6 nitrogen and oxygen atoms in total. The quantitative estimate of drug-likeness (QED) is 0.682. The average Bonchev–Trinajstić information content (AvgIpc) is 2.62. The van der Waals surface area contributed by atoms with Gasteiger partial charge in [0.2, 0.25) is 0 Å². The maximum absolute atomic E-state index is 12.6. The maximum atomic E-state index is 12.6. The number of nitrogens with one attached hydrogen (secondary N) is 2. The molecule has 2 aromatic rings. The SMILES string of the molecule is CCC[C@H](C)NC(=O)c1cccc(NS(=O)(=O)c2ccc(OCC)cc2)c1. The first kappa shape index (κ1) is 20.8. The molecule has 0 radical (unpaired) electrons. The predicted molar refractivity (Wildman–Crippen MR) is 107 cm³/mol. The second kappa shape index (κ2) is 9.41. The zero-order valence-corrected chi connectivity index (χ0v) is 16.7. The summed E-state index contributed by atoms with van der Waals surface area (Å²) in [5.41, 5.74) is 0.740. The van der Waals surface area contributed by atoms with Gasteiger partial charge in [-0.2, -0.15) is 0 Å². The Kier molecular flexibility index (Phi) is 7.24. The summed E-state index contributed by atoms with van der Waals surface area (Å²) < 4.78 is 33.0. The van der Waals surface area contributed by atoms with Gasteiger partial charge in [0.15, 0.2) is 0 Å². The number of rotatable bonds is 9. The van der Waals surface area contributed by atoms with Gasteiger partial charge in [-0.25, -0.2) is 8.42 Å². The minimum atomic E-state index is -3.76. The average molecular weight is 391 g/mol. The molecule has 0 unspecified atom stereocenters. The highest BCUT2D eigenvalue weighted by atomic mass is 32.2. The van der Waals surface area contributed by atoms with E-state index in [2.05, 4.69) is 17.0 Å². The summed E-state index contributed by atoms with van der Waals surface area (Å²) in [4.78, 5) is 12.4. The molecule has 0 saturated heterocycles. The van der Waals surface area contributed by atoms with Gasteiger partial charge in [-0.15, -0.1) is 0 Å². The second-order valence-corrected chi connectivity index (χ2v) is 7.94. The minimum Gasteiger partial charge on any atom is -0.494 e. The fraction of sp³-hybridized carbons (Fsp3) is 0.350. The molecule has 0 saturated carbocycles. The van der Waals surface area contributed by atoms with Gasteiger partial charge in [0.05, 0.1) is 11.5 Å². The Labute approximate surface area is 161 Å². The number of carbonyl (C=O) groups excluding carboxylic acids is 1. The van der Waals surface area contributed by atoms with Gasteiger partial charge in [0, 0.05) is 17.3 Å². The molecule has 1 amide bonds. The molecule has 7 heteroatoms. The summed E-state index contributed by atoms with van der Waals surface area (Å²) in [6.45, 7) is 6.37. The Morgan fingerprint density at radius 3 is 2.44 bits per heavy atom. The van der Waals surface area contributed by atoms with Gasteiger partial charge in [0.25, 0.3) is 15.9 Å². The molecule has 146 valence electrons. The Bertz CT molecular complexity index is 864. The standard InChI is InChI=1S/C20H26N2O4S/c1-4-7-15(3)21-20(23)16-8-6-9-17(14-16)22-27(24,25)19-12-10-18(11-13-19)26-5-2/h6,8-15,22H,4-5,7H2,1-3H3,(H,21,23)/t15-/m0/s1. The molecule has 0 aliphatic carbocycles. The third-order valence-corrected chi connectivity index (χ3v) is 5.32. The number of hydrogen-bond acceptors (Lipinski definition) is 4. The second-order valence-electron chi connectivity index (χ2n) is 6.25. The molecule has 0 bridgehead atoms. The normalized spacial score (nSPS) is 12.3. The van der Waals surface area contributed by atoms with Crippen LogP contribution in [0, 0.1) is 0 Å². The van der Waals surface area contributed by atoms with E-state index in [-0.39, 0.29) is 16.8 Å². The summed E-state index contributed by atoms with van der Waals surface area (Å²) in [5.74, 6) is 0.384. The highest BCUT2D eigenvalue weighted by molar-refractivity contribution is 7.92. The lowest BCUT2D eigenvalue weighted by Gasteiger charge is -2.14. The van der Waals surface area contributed by atoms with Crippen molar-refractivity contribution >= 4 is 21.6 Å². The number of amides is 1. The number of sulfonamides is 1. The molecule has 0 fully saturated rings. The fourth-order valence-corrected chi connectivity index (χ4v) is 3.68. The summed E-state index contributed by atoms with van der Waals surface area (Å²) in [5, 5.41) is 2.91. The molecule has 1 atom stereocenters. The number of hydrogen-bond donors (Lipinski definition) is 2. The first-order valence-corrected chi connectivity index (χ1v) is 10.5. The van der Waals surface area contributed by atoms with E-state index in [1.807, 2.05) is 13.8 Å². The number of benzene rings is 2. The van der Waals surface area contributed by atoms with Crippen LogP contribution < -0.4 is 14.8 Å². The minimum absolute atomic E-state index is 0.0618. The monoisotopic (exact) mass is 390 g/mol. The maximum Gasteiger partial charge on any atom is 0.261 e. The van der Waals surface area contributed by atoms with Crippen LogP contribution in [0.25, 0.3) is 0 Å². The highest BCUT2D eigenvalue weighted by Crippen LogP contribution is 2.20. The van der Waals surface area contributed by atoms with Gasteiger partial charge in [-0.05, 0) is 62.7 Å². The van der Waals surface area contributed by atoms with E-state index < -0.39 is 10.0 Å². The first-order valence-electron chi connectivity index (χ1n) is 9.02. The number of carbonyl (C=O) groups is 1. The summed E-state index contributed by atoms with van der Waals surface area (Å²) in [7, 11) is -3.76. The largest absolute Gasteiger partial charge is 0.494 e. The Hall–Kier alpha value is -2.54. The fourth-order valence-electron chi connectivity index (χ4n) is 2.63. The molecule has 0 aromatic heterocycles. The molecule has 2 aromatic carbocycles. The van der Waals surface area contributed by atoms with Crippen molar-refractivity contribution in [3.05, 3.63) is 54.1 Å². The number of ether oxygens (including phenoxy) is 1. The third kappa shape index (κ3) is 5.99. The zero-order chi connectivity index (χ0) is 19.9. The van der Waals surface area contributed by atoms with Crippen LogP contribution in [0.3, 0.4) is 0 Å². The van der Waals surface area contributed by atoms with Crippen molar-refractivity contribution in [3.63, 3.8) is 0 Å².